The number of likely N-dealkylation sites (tertiary alicyclic amines) is 1. The Bertz CT molecular complexity index is 595. The monoisotopic (exact) mass is 349 g/mol. The summed E-state index contributed by atoms with van der Waals surface area (Å²) in [6.45, 7) is 3.84. The number of aromatic nitrogens is 2. The van der Waals surface area contributed by atoms with E-state index in [1.807, 2.05) is 11.8 Å². The summed E-state index contributed by atoms with van der Waals surface area (Å²) in [4.78, 5) is 19.2. The Kier molecular flexibility index (Phi) is 5.03. The standard InChI is InChI=1S/C18H27N3O4/c1-12(24-11-14-5-2-3-10-23-14)18(22)21-9-4-6-15(21)16-19-17(25-20-16)13-7-8-13/h12-15H,2-11H2,1H3. The van der Waals surface area contributed by atoms with Crippen molar-refractivity contribution in [2.45, 2.75) is 76.0 Å². The van der Waals surface area contributed by atoms with Crippen molar-refractivity contribution in [3.63, 3.8) is 0 Å². The molecule has 1 aromatic rings. The molecule has 2 saturated heterocycles. The van der Waals surface area contributed by atoms with Gasteiger partial charge in [0, 0.05) is 19.1 Å². The van der Waals surface area contributed by atoms with Gasteiger partial charge < -0.3 is 18.9 Å². The molecule has 2 aliphatic heterocycles. The minimum Gasteiger partial charge on any atom is -0.376 e. The van der Waals surface area contributed by atoms with E-state index in [1.165, 1.54) is 6.42 Å². The van der Waals surface area contributed by atoms with Crippen molar-refractivity contribution < 1.29 is 18.8 Å². The number of hydrogen-bond acceptors (Lipinski definition) is 6. The summed E-state index contributed by atoms with van der Waals surface area (Å²) in [5, 5.41) is 4.13. The number of carbonyl (C=O) groups is 1. The van der Waals surface area contributed by atoms with E-state index >= 15 is 0 Å². The minimum atomic E-state index is -0.471. The third kappa shape index (κ3) is 3.87. The lowest BCUT2D eigenvalue weighted by molar-refractivity contribution is -0.147. The van der Waals surface area contributed by atoms with Crippen LogP contribution < -0.4 is 0 Å². The first-order valence-electron chi connectivity index (χ1n) is 9.59. The molecule has 3 unspecified atom stereocenters. The first-order valence-corrected chi connectivity index (χ1v) is 9.59. The quantitative estimate of drug-likeness (QED) is 0.785. The van der Waals surface area contributed by atoms with Crippen LogP contribution in [0.4, 0.5) is 0 Å². The van der Waals surface area contributed by atoms with Crippen LogP contribution in [0.3, 0.4) is 0 Å². The zero-order valence-corrected chi connectivity index (χ0v) is 14.9. The Labute approximate surface area is 148 Å². The van der Waals surface area contributed by atoms with Crippen LogP contribution in [0.1, 0.15) is 75.5 Å². The minimum absolute atomic E-state index is 0.0103. The van der Waals surface area contributed by atoms with Crippen molar-refractivity contribution in [1.82, 2.24) is 15.0 Å². The molecule has 0 N–H and O–H groups in total. The van der Waals surface area contributed by atoms with Crippen LogP contribution in [-0.4, -0.2) is 52.9 Å². The van der Waals surface area contributed by atoms with Gasteiger partial charge in [-0.2, -0.15) is 4.98 Å². The van der Waals surface area contributed by atoms with Crippen molar-refractivity contribution in [3.05, 3.63) is 11.7 Å². The molecule has 25 heavy (non-hydrogen) atoms. The van der Waals surface area contributed by atoms with Gasteiger partial charge in [-0.25, -0.2) is 0 Å². The van der Waals surface area contributed by atoms with Crippen LogP contribution in [-0.2, 0) is 14.3 Å². The highest BCUT2D eigenvalue weighted by atomic mass is 16.5. The molecular weight excluding hydrogens is 322 g/mol. The molecular formula is C18H27N3O4. The fourth-order valence-corrected chi connectivity index (χ4v) is 3.67. The van der Waals surface area contributed by atoms with Gasteiger partial charge in [0.1, 0.15) is 6.10 Å². The van der Waals surface area contributed by atoms with E-state index in [4.69, 9.17) is 14.0 Å². The molecule has 0 aromatic carbocycles. The lowest BCUT2D eigenvalue weighted by atomic mass is 10.1. The molecule has 3 fully saturated rings. The average Bonchev–Trinajstić information content (AvgIpc) is 3.18. The summed E-state index contributed by atoms with van der Waals surface area (Å²) in [7, 11) is 0. The highest BCUT2D eigenvalue weighted by Gasteiger charge is 2.37. The van der Waals surface area contributed by atoms with Crippen molar-refractivity contribution in [3.8, 4) is 0 Å². The van der Waals surface area contributed by atoms with Gasteiger partial charge in [-0.15, -0.1) is 0 Å². The van der Waals surface area contributed by atoms with E-state index in [9.17, 15) is 4.79 Å². The smallest absolute Gasteiger partial charge is 0.252 e. The molecule has 3 atom stereocenters. The van der Waals surface area contributed by atoms with E-state index in [0.29, 0.717) is 18.3 Å². The van der Waals surface area contributed by atoms with Crippen LogP contribution in [0.5, 0.6) is 0 Å². The Morgan fingerprint density at radius 3 is 2.92 bits per heavy atom. The first kappa shape index (κ1) is 17.0. The summed E-state index contributed by atoms with van der Waals surface area (Å²) in [5.41, 5.74) is 0. The van der Waals surface area contributed by atoms with E-state index in [1.54, 1.807) is 0 Å². The van der Waals surface area contributed by atoms with Crippen LogP contribution in [0.2, 0.25) is 0 Å². The zero-order valence-electron chi connectivity index (χ0n) is 14.9. The lowest BCUT2D eigenvalue weighted by Gasteiger charge is -2.27. The molecule has 3 heterocycles. The van der Waals surface area contributed by atoms with Gasteiger partial charge in [0.2, 0.25) is 5.89 Å². The SMILES string of the molecule is CC(OCC1CCCCO1)C(=O)N1CCCC1c1noc(C2CC2)n1. The number of nitrogens with zero attached hydrogens (tertiary/aromatic N) is 3. The Balaban J connectivity index is 1.34. The molecule has 3 aliphatic rings. The molecule has 1 amide bonds. The van der Waals surface area contributed by atoms with Gasteiger partial charge in [-0.3, -0.25) is 4.79 Å². The van der Waals surface area contributed by atoms with Crippen molar-refractivity contribution in [2.24, 2.45) is 0 Å². The normalized spacial score (nSPS) is 28.3. The molecule has 0 radical (unpaired) electrons. The van der Waals surface area contributed by atoms with E-state index < -0.39 is 6.10 Å². The fraction of sp³-hybridized carbons (Fsp3) is 0.833. The number of carbonyl (C=O) groups excluding carboxylic acids is 1. The van der Waals surface area contributed by atoms with Crippen molar-refractivity contribution in [1.29, 1.82) is 0 Å². The van der Waals surface area contributed by atoms with Gasteiger partial charge in [0.15, 0.2) is 5.82 Å². The van der Waals surface area contributed by atoms with Crippen molar-refractivity contribution in [2.75, 3.05) is 19.8 Å². The van der Waals surface area contributed by atoms with Crippen LogP contribution in [0, 0.1) is 0 Å². The summed E-state index contributed by atoms with van der Waals surface area (Å²) in [6.07, 6.45) is 7.06. The van der Waals surface area contributed by atoms with Crippen LogP contribution >= 0.6 is 0 Å². The van der Waals surface area contributed by atoms with E-state index in [0.717, 1.165) is 57.6 Å². The van der Waals surface area contributed by atoms with Gasteiger partial charge in [0.25, 0.3) is 5.91 Å². The number of ether oxygens (including phenoxy) is 2. The first-order chi connectivity index (χ1) is 12.2. The lowest BCUT2D eigenvalue weighted by Crippen LogP contribution is -2.40. The molecule has 0 bridgehead atoms. The van der Waals surface area contributed by atoms with Crippen molar-refractivity contribution >= 4 is 5.91 Å². The Morgan fingerprint density at radius 2 is 2.16 bits per heavy atom. The van der Waals surface area contributed by atoms with Gasteiger partial charge in [-0.05, 0) is 51.9 Å². The summed E-state index contributed by atoms with van der Waals surface area (Å²) >= 11 is 0. The summed E-state index contributed by atoms with van der Waals surface area (Å²) in [5.74, 6) is 1.82. The fourth-order valence-electron chi connectivity index (χ4n) is 3.67. The maximum absolute atomic E-state index is 12.8. The third-order valence-electron chi connectivity index (χ3n) is 5.37. The second-order valence-electron chi connectivity index (χ2n) is 7.42. The summed E-state index contributed by atoms with van der Waals surface area (Å²) < 4.78 is 16.9. The topological polar surface area (TPSA) is 77.7 Å². The Morgan fingerprint density at radius 1 is 1.28 bits per heavy atom. The molecule has 7 heteroatoms. The zero-order chi connectivity index (χ0) is 17.2. The molecule has 4 rings (SSSR count). The third-order valence-corrected chi connectivity index (χ3v) is 5.37. The highest BCUT2D eigenvalue weighted by Crippen LogP contribution is 2.40. The second kappa shape index (κ2) is 7.41. The molecule has 0 spiro atoms. The maximum atomic E-state index is 12.8. The predicted octanol–water partition coefficient (Wildman–Crippen LogP) is 2.58. The second-order valence-corrected chi connectivity index (χ2v) is 7.42. The molecule has 1 saturated carbocycles. The van der Waals surface area contributed by atoms with E-state index in [-0.39, 0.29) is 18.1 Å². The van der Waals surface area contributed by atoms with Crippen LogP contribution in [0.15, 0.2) is 4.52 Å². The summed E-state index contributed by atoms with van der Waals surface area (Å²) in [6, 6.07) is -0.0827. The largest absolute Gasteiger partial charge is 0.376 e. The highest BCUT2D eigenvalue weighted by molar-refractivity contribution is 5.81. The maximum Gasteiger partial charge on any atom is 0.252 e. The molecule has 1 aromatic heterocycles. The molecule has 138 valence electrons. The van der Waals surface area contributed by atoms with Gasteiger partial charge in [-0.1, -0.05) is 5.16 Å². The molecule has 7 nitrogen and oxygen atoms in total. The van der Waals surface area contributed by atoms with E-state index in [2.05, 4.69) is 10.1 Å². The number of rotatable bonds is 6. The number of hydrogen-bond donors (Lipinski definition) is 0. The predicted molar refractivity (Wildman–Crippen MR) is 89.0 cm³/mol. The average molecular weight is 349 g/mol. The Hall–Kier alpha value is -1.47. The van der Waals surface area contributed by atoms with Gasteiger partial charge >= 0.3 is 0 Å². The number of amides is 1. The molecule has 1 aliphatic carbocycles. The van der Waals surface area contributed by atoms with Gasteiger partial charge in [0.05, 0.1) is 18.8 Å². The van der Waals surface area contributed by atoms with Crippen LogP contribution in [0.25, 0.3) is 0 Å².